The maximum absolute atomic E-state index is 11.4. The summed E-state index contributed by atoms with van der Waals surface area (Å²) in [5.74, 6) is 1.45. The predicted octanol–water partition coefficient (Wildman–Crippen LogP) is 0.992. The molecule has 0 aliphatic rings. The zero-order chi connectivity index (χ0) is 14.1. The van der Waals surface area contributed by atoms with Crippen molar-refractivity contribution in [1.82, 2.24) is 15.6 Å². The molecule has 3 N–H and O–H groups in total. The lowest BCUT2D eigenvalue weighted by molar-refractivity contribution is 0.0696. The van der Waals surface area contributed by atoms with Crippen molar-refractivity contribution in [2.24, 2.45) is 0 Å². The van der Waals surface area contributed by atoms with Gasteiger partial charge in [0.2, 0.25) is 0 Å². The molecule has 6 heteroatoms. The minimum atomic E-state index is -1.03. The van der Waals surface area contributed by atoms with Crippen molar-refractivity contribution in [2.45, 2.75) is 19.4 Å². The highest BCUT2D eigenvalue weighted by Gasteiger charge is 2.05. The summed E-state index contributed by atoms with van der Waals surface area (Å²) < 4.78 is 0. The van der Waals surface area contributed by atoms with Gasteiger partial charge in [0, 0.05) is 19.2 Å². The maximum Gasteiger partial charge on any atom is 0.335 e. The van der Waals surface area contributed by atoms with Crippen LogP contribution in [0, 0.1) is 12.3 Å². The maximum atomic E-state index is 11.4. The molecule has 2 amide bonds. The smallest absolute Gasteiger partial charge is 0.335 e. The van der Waals surface area contributed by atoms with Crippen LogP contribution in [0.2, 0.25) is 0 Å². The molecule has 0 fully saturated rings. The first-order valence-corrected chi connectivity index (χ1v) is 5.77. The van der Waals surface area contributed by atoms with Gasteiger partial charge in [-0.3, -0.25) is 4.98 Å². The Morgan fingerprint density at radius 3 is 2.89 bits per heavy atom. The van der Waals surface area contributed by atoms with E-state index in [2.05, 4.69) is 21.5 Å². The third-order valence-corrected chi connectivity index (χ3v) is 2.28. The number of hydrogen-bond acceptors (Lipinski definition) is 3. The molecule has 1 aromatic heterocycles. The summed E-state index contributed by atoms with van der Waals surface area (Å²) in [6, 6.07) is 2.48. The minimum Gasteiger partial charge on any atom is -0.478 e. The van der Waals surface area contributed by atoms with Gasteiger partial charge in [-0.05, 0) is 18.6 Å². The van der Waals surface area contributed by atoms with E-state index < -0.39 is 5.97 Å². The van der Waals surface area contributed by atoms with E-state index in [1.165, 1.54) is 18.3 Å². The fourth-order valence-corrected chi connectivity index (χ4v) is 1.33. The van der Waals surface area contributed by atoms with Crippen molar-refractivity contribution in [3.8, 4) is 12.3 Å². The van der Waals surface area contributed by atoms with Gasteiger partial charge in [-0.15, -0.1) is 12.3 Å². The first kappa shape index (κ1) is 14.5. The monoisotopic (exact) mass is 261 g/mol. The third-order valence-electron chi connectivity index (χ3n) is 2.28. The topological polar surface area (TPSA) is 91.3 Å². The average molecular weight is 261 g/mol. The number of terminal acetylenes is 1. The van der Waals surface area contributed by atoms with Gasteiger partial charge >= 0.3 is 12.0 Å². The van der Waals surface area contributed by atoms with E-state index in [4.69, 9.17) is 11.5 Å². The Kier molecular flexibility index (Phi) is 5.89. The molecule has 19 heavy (non-hydrogen) atoms. The van der Waals surface area contributed by atoms with Crippen molar-refractivity contribution in [1.29, 1.82) is 0 Å². The molecular weight excluding hydrogens is 246 g/mol. The minimum absolute atomic E-state index is 0.140. The van der Waals surface area contributed by atoms with Crippen LogP contribution in [-0.2, 0) is 6.54 Å². The van der Waals surface area contributed by atoms with Gasteiger partial charge in [0.05, 0.1) is 17.8 Å². The number of unbranched alkanes of at least 4 members (excludes halogenated alkanes) is 1. The first-order chi connectivity index (χ1) is 9.13. The SMILES string of the molecule is C#CCCCNC(=O)NCc1cc(C(=O)O)ccn1. The average Bonchev–Trinajstić information content (AvgIpc) is 2.41. The molecule has 0 saturated heterocycles. The van der Waals surface area contributed by atoms with E-state index in [0.29, 0.717) is 18.7 Å². The number of carboxylic acids is 1. The highest BCUT2D eigenvalue weighted by atomic mass is 16.4. The molecule has 0 atom stereocenters. The zero-order valence-corrected chi connectivity index (χ0v) is 10.3. The van der Waals surface area contributed by atoms with E-state index in [1.807, 2.05) is 0 Å². The lowest BCUT2D eigenvalue weighted by Gasteiger charge is -2.06. The normalized spacial score (nSPS) is 9.42. The summed E-state index contributed by atoms with van der Waals surface area (Å²) in [6.07, 6.45) is 7.81. The fraction of sp³-hybridized carbons (Fsp3) is 0.308. The zero-order valence-electron chi connectivity index (χ0n) is 10.3. The van der Waals surface area contributed by atoms with Gasteiger partial charge in [-0.1, -0.05) is 0 Å². The molecular formula is C13H15N3O3. The van der Waals surface area contributed by atoms with E-state index in [0.717, 1.165) is 6.42 Å². The molecule has 0 bridgehead atoms. The molecule has 0 spiro atoms. The second kappa shape index (κ2) is 7.71. The lowest BCUT2D eigenvalue weighted by atomic mass is 10.2. The molecule has 100 valence electrons. The number of rotatable bonds is 6. The lowest BCUT2D eigenvalue weighted by Crippen LogP contribution is -2.35. The molecule has 0 unspecified atom stereocenters. The number of nitrogens with one attached hydrogen (secondary N) is 2. The Hall–Kier alpha value is -2.55. The van der Waals surface area contributed by atoms with E-state index >= 15 is 0 Å². The van der Waals surface area contributed by atoms with Crippen molar-refractivity contribution in [3.63, 3.8) is 0 Å². The Morgan fingerprint density at radius 2 is 2.21 bits per heavy atom. The number of urea groups is 1. The highest BCUT2D eigenvalue weighted by Crippen LogP contribution is 2.01. The first-order valence-electron chi connectivity index (χ1n) is 5.77. The van der Waals surface area contributed by atoms with Crippen molar-refractivity contribution in [3.05, 3.63) is 29.6 Å². The summed E-state index contributed by atoms with van der Waals surface area (Å²) in [5.41, 5.74) is 0.625. The van der Waals surface area contributed by atoms with Crippen LogP contribution >= 0.6 is 0 Å². The van der Waals surface area contributed by atoms with Crippen LogP contribution in [0.3, 0.4) is 0 Å². The number of hydrogen-bond donors (Lipinski definition) is 3. The van der Waals surface area contributed by atoms with Crippen LogP contribution in [0.15, 0.2) is 18.3 Å². The van der Waals surface area contributed by atoms with Gasteiger partial charge in [-0.25, -0.2) is 9.59 Å². The second-order valence-corrected chi connectivity index (χ2v) is 3.76. The van der Waals surface area contributed by atoms with Crippen LogP contribution in [0.1, 0.15) is 28.9 Å². The summed E-state index contributed by atoms with van der Waals surface area (Å²) in [5, 5.41) is 14.0. The van der Waals surface area contributed by atoms with Crippen molar-refractivity contribution < 1.29 is 14.7 Å². The molecule has 6 nitrogen and oxygen atoms in total. The Balaban J connectivity index is 2.36. The van der Waals surface area contributed by atoms with Crippen LogP contribution in [0.5, 0.6) is 0 Å². The second-order valence-electron chi connectivity index (χ2n) is 3.76. The molecule has 0 aliphatic carbocycles. The van der Waals surface area contributed by atoms with Gasteiger partial charge in [-0.2, -0.15) is 0 Å². The van der Waals surface area contributed by atoms with Gasteiger partial charge in [0.15, 0.2) is 0 Å². The van der Waals surface area contributed by atoms with Crippen molar-refractivity contribution >= 4 is 12.0 Å². The summed E-state index contributed by atoms with van der Waals surface area (Å²) in [7, 11) is 0. The number of aromatic nitrogens is 1. The Morgan fingerprint density at radius 1 is 1.42 bits per heavy atom. The number of carboxylic acid groups (broad SMARTS) is 1. The van der Waals surface area contributed by atoms with E-state index in [-0.39, 0.29) is 18.1 Å². The Bertz CT molecular complexity index is 494. The standard InChI is InChI=1S/C13H15N3O3/c1-2-3-4-6-15-13(19)16-9-11-8-10(12(17)18)5-7-14-11/h1,5,7-8H,3-4,6,9H2,(H,17,18)(H2,15,16,19). The summed E-state index contributed by atoms with van der Waals surface area (Å²) >= 11 is 0. The van der Waals surface area contributed by atoms with Crippen LogP contribution in [-0.4, -0.2) is 28.6 Å². The number of amides is 2. The molecule has 0 radical (unpaired) electrons. The fourth-order valence-electron chi connectivity index (χ4n) is 1.33. The van der Waals surface area contributed by atoms with Crippen LogP contribution < -0.4 is 10.6 Å². The molecule has 0 saturated carbocycles. The molecule has 1 rings (SSSR count). The van der Waals surface area contributed by atoms with E-state index in [9.17, 15) is 9.59 Å². The van der Waals surface area contributed by atoms with Gasteiger partial charge in [0.25, 0.3) is 0 Å². The van der Waals surface area contributed by atoms with Crippen molar-refractivity contribution in [2.75, 3.05) is 6.54 Å². The third kappa shape index (κ3) is 5.55. The summed E-state index contributed by atoms with van der Waals surface area (Å²) in [4.78, 5) is 26.1. The highest BCUT2D eigenvalue weighted by molar-refractivity contribution is 5.87. The molecule has 1 aromatic rings. The predicted molar refractivity (Wildman–Crippen MR) is 69.5 cm³/mol. The van der Waals surface area contributed by atoms with Crippen LogP contribution in [0.4, 0.5) is 4.79 Å². The van der Waals surface area contributed by atoms with Gasteiger partial charge in [0.1, 0.15) is 0 Å². The molecule has 0 aliphatic heterocycles. The Labute approximate surface area is 111 Å². The quantitative estimate of drug-likeness (QED) is 0.526. The number of pyridine rings is 1. The molecule has 1 heterocycles. The molecule has 0 aromatic carbocycles. The number of aromatic carboxylic acids is 1. The van der Waals surface area contributed by atoms with Gasteiger partial charge < -0.3 is 15.7 Å². The number of nitrogens with zero attached hydrogens (tertiary/aromatic N) is 1. The summed E-state index contributed by atoms with van der Waals surface area (Å²) in [6.45, 7) is 0.667. The van der Waals surface area contributed by atoms with Crippen LogP contribution in [0.25, 0.3) is 0 Å². The van der Waals surface area contributed by atoms with E-state index in [1.54, 1.807) is 0 Å². The number of carbonyl (C=O) groups is 2. The number of carbonyl (C=O) groups excluding carboxylic acids is 1. The largest absolute Gasteiger partial charge is 0.478 e.